The molecule has 2 aromatic rings. The highest BCUT2D eigenvalue weighted by atomic mass is 19.3. The molecular formula is C23H25F2N3O2. The molecule has 5 nitrogen and oxygen atoms in total. The molecular weight excluding hydrogens is 388 g/mol. The summed E-state index contributed by atoms with van der Waals surface area (Å²) in [6.07, 6.45) is -0.478. The predicted octanol–water partition coefficient (Wildman–Crippen LogP) is 2.88. The largest absolute Gasteiger partial charge is 0.340 e. The smallest absolute Gasteiger partial charge is 0.262 e. The molecule has 0 N–H and O–H groups in total. The number of carbonyl (C=O) groups excluding carboxylic acids is 2. The number of halogens is 2. The van der Waals surface area contributed by atoms with Gasteiger partial charge >= 0.3 is 0 Å². The van der Waals surface area contributed by atoms with Gasteiger partial charge in [-0.1, -0.05) is 48.5 Å². The summed E-state index contributed by atoms with van der Waals surface area (Å²) in [5, 5.41) is 0. The van der Waals surface area contributed by atoms with Gasteiger partial charge in [-0.15, -0.1) is 0 Å². The Kier molecular flexibility index (Phi) is 5.56. The van der Waals surface area contributed by atoms with E-state index in [1.807, 2.05) is 36.4 Å². The van der Waals surface area contributed by atoms with E-state index < -0.39 is 24.9 Å². The van der Waals surface area contributed by atoms with Crippen LogP contribution in [0.2, 0.25) is 0 Å². The van der Waals surface area contributed by atoms with Crippen molar-refractivity contribution in [2.45, 2.75) is 31.0 Å². The molecule has 2 aromatic carbocycles. The first-order valence-corrected chi connectivity index (χ1v) is 10.1. The summed E-state index contributed by atoms with van der Waals surface area (Å²) >= 11 is 0. The quantitative estimate of drug-likeness (QED) is 0.757. The molecule has 0 spiro atoms. The van der Waals surface area contributed by atoms with Gasteiger partial charge in [0.2, 0.25) is 5.91 Å². The van der Waals surface area contributed by atoms with Crippen LogP contribution in [-0.4, -0.2) is 71.2 Å². The molecule has 1 atom stereocenters. The second-order valence-corrected chi connectivity index (χ2v) is 8.16. The zero-order chi connectivity index (χ0) is 21.3. The van der Waals surface area contributed by atoms with Gasteiger partial charge in [0.05, 0.1) is 12.6 Å². The minimum atomic E-state index is -2.90. The summed E-state index contributed by atoms with van der Waals surface area (Å²) in [5.41, 5.74) is 1.53. The van der Waals surface area contributed by atoms with Crippen LogP contribution in [0, 0.1) is 0 Å². The zero-order valence-corrected chi connectivity index (χ0v) is 16.9. The molecule has 0 saturated carbocycles. The average molecular weight is 413 g/mol. The Morgan fingerprint density at radius 2 is 1.63 bits per heavy atom. The van der Waals surface area contributed by atoms with Crippen LogP contribution in [0.3, 0.4) is 0 Å². The minimum absolute atomic E-state index is 0.109. The first-order chi connectivity index (χ1) is 14.3. The fourth-order valence-electron chi connectivity index (χ4n) is 4.24. The summed E-state index contributed by atoms with van der Waals surface area (Å²) in [4.78, 5) is 30.3. The van der Waals surface area contributed by atoms with Gasteiger partial charge < -0.3 is 9.80 Å². The molecule has 2 fully saturated rings. The highest BCUT2D eigenvalue weighted by Gasteiger charge is 2.53. The Hall–Kier alpha value is -2.80. The molecule has 0 bridgehead atoms. The number of likely N-dealkylation sites (N-methyl/N-ethyl adjacent to an activating group) is 1. The maximum absolute atomic E-state index is 14.2. The lowest BCUT2D eigenvalue weighted by Crippen LogP contribution is -2.63. The normalized spacial score (nSPS) is 21.3. The van der Waals surface area contributed by atoms with Crippen LogP contribution in [0.5, 0.6) is 0 Å². The number of hydrogen-bond acceptors (Lipinski definition) is 3. The minimum Gasteiger partial charge on any atom is -0.340 e. The highest BCUT2D eigenvalue weighted by Crippen LogP contribution is 2.36. The van der Waals surface area contributed by atoms with Crippen molar-refractivity contribution in [2.75, 3.05) is 26.7 Å². The third-order valence-corrected chi connectivity index (χ3v) is 5.87. The lowest BCUT2D eigenvalue weighted by molar-refractivity contribution is -0.137. The number of carbonyl (C=O) groups is 2. The van der Waals surface area contributed by atoms with Crippen molar-refractivity contribution in [3.63, 3.8) is 0 Å². The number of amides is 2. The molecule has 158 valence electrons. The number of rotatable bonds is 5. The standard InChI is InChI=1S/C23H25F2N3O2/c1-26(13-17-8-4-2-5-9-17)22(30)20-12-23(24,25)16-28(20)19-14-27(15-19)21(29)18-10-6-3-7-11-18/h2-11,19-20H,12-16H2,1H3/t20-/m0/s1. The van der Waals surface area contributed by atoms with Crippen molar-refractivity contribution >= 4 is 11.8 Å². The molecule has 2 aliphatic rings. The van der Waals surface area contributed by atoms with Crippen molar-refractivity contribution in [1.82, 2.24) is 14.7 Å². The van der Waals surface area contributed by atoms with Gasteiger partial charge in [-0.3, -0.25) is 14.5 Å². The molecule has 0 unspecified atom stereocenters. The molecule has 0 aromatic heterocycles. The van der Waals surface area contributed by atoms with E-state index in [9.17, 15) is 18.4 Å². The zero-order valence-electron chi connectivity index (χ0n) is 16.9. The average Bonchev–Trinajstić information content (AvgIpc) is 3.02. The van der Waals surface area contributed by atoms with E-state index in [1.165, 1.54) is 4.90 Å². The molecule has 30 heavy (non-hydrogen) atoms. The van der Waals surface area contributed by atoms with Gasteiger partial charge in [0.25, 0.3) is 11.8 Å². The summed E-state index contributed by atoms with van der Waals surface area (Å²) in [5.74, 6) is -3.32. The van der Waals surface area contributed by atoms with Gasteiger partial charge in [0, 0.05) is 44.7 Å². The molecule has 2 aliphatic heterocycles. The van der Waals surface area contributed by atoms with Crippen LogP contribution in [0.25, 0.3) is 0 Å². The van der Waals surface area contributed by atoms with Crippen LogP contribution in [-0.2, 0) is 11.3 Å². The van der Waals surface area contributed by atoms with Crippen LogP contribution in [0.1, 0.15) is 22.3 Å². The van der Waals surface area contributed by atoms with Gasteiger partial charge in [0.1, 0.15) is 0 Å². The number of likely N-dealkylation sites (tertiary alicyclic amines) is 2. The fourth-order valence-corrected chi connectivity index (χ4v) is 4.24. The SMILES string of the molecule is CN(Cc1ccccc1)C(=O)[C@@H]1CC(F)(F)CN1C1CN(C(=O)c2ccccc2)C1. The monoisotopic (exact) mass is 413 g/mol. The van der Waals surface area contributed by atoms with Crippen LogP contribution in [0.4, 0.5) is 8.78 Å². The van der Waals surface area contributed by atoms with E-state index in [-0.39, 0.29) is 17.9 Å². The van der Waals surface area contributed by atoms with E-state index in [0.29, 0.717) is 25.2 Å². The van der Waals surface area contributed by atoms with E-state index in [4.69, 9.17) is 0 Å². The molecule has 2 heterocycles. The van der Waals surface area contributed by atoms with Crippen LogP contribution >= 0.6 is 0 Å². The number of nitrogens with zero attached hydrogens (tertiary/aromatic N) is 3. The molecule has 4 rings (SSSR count). The second kappa shape index (κ2) is 8.14. The van der Waals surface area contributed by atoms with Gasteiger partial charge in [-0.25, -0.2) is 8.78 Å². The van der Waals surface area contributed by atoms with Crippen molar-refractivity contribution in [3.8, 4) is 0 Å². The number of alkyl halides is 2. The van der Waals surface area contributed by atoms with E-state index in [2.05, 4.69) is 0 Å². The Morgan fingerprint density at radius 3 is 2.27 bits per heavy atom. The third-order valence-electron chi connectivity index (χ3n) is 5.87. The third kappa shape index (κ3) is 4.21. The maximum Gasteiger partial charge on any atom is 0.262 e. The summed E-state index contributed by atoms with van der Waals surface area (Å²) in [7, 11) is 1.65. The Balaban J connectivity index is 1.41. The maximum atomic E-state index is 14.2. The van der Waals surface area contributed by atoms with Crippen molar-refractivity contribution in [3.05, 3.63) is 71.8 Å². The number of hydrogen-bond donors (Lipinski definition) is 0. The lowest BCUT2D eigenvalue weighted by atomic mass is 10.0. The van der Waals surface area contributed by atoms with Gasteiger partial charge in [-0.2, -0.15) is 0 Å². The molecule has 0 radical (unpaired) electrons. The van der Waals surface area contributed by atoms with E-state index >= 15 is 0 Å². The summed E-state index contributed by atoms with van der Waals surface area (Å²) in [6, 6.07) is 17.3. The Bertz CT molecular complexity index is 901. The highest BCUT2D eigenvalue weighted by molar-refractivity contribution is 5.94. The summed E-state index contributed by atoms with van der Waals surface area (Å²) < 4.78 is 28.5. The first kappa shape index (κ1) is 20.5. The predicted molar refractivity (Wildman–Crippen MR) is 109 cm³/mol. The Labute approximate surface area is 174 Å². The first-order valence-electron chi connectivity index (χ1n) is 10.1. The van der Waals surface area contributed by atoms with Crippen LogP contribution in [0.15, 0.2) is 60.7 Å². The van der Waals surface area contributed by atoms with Gasteiger partial charge in [0.15, 0.2) is 0 Å². The Morgan fingerprint density at radius 1 is 1.03 bits per heavy atom. The van der Waals surface area contributed by atoms with Gasteiger partial charge in [-0.05, 0) is 17.7 Å². The lowest BCUT2D eigenvalue weighted by Gasteiger charge is -2.46. The fraction of sp³-hybridized carbons (Fsp3) is 0.391. The molecule has 2 amide bonds. The summed E-state index contributed by atoms with van der Waals surface area (Å²) in [6.45, 7) is 0.644. The van der Waals surface area contributed by atoms with Crippen molar-refractivity contribution < 1.29 is 18.4 Å². The molecule has 2 saturated heterocycles. The van der Waals surface area contributed by atoms with Crippen LogP contribution < -0.4 is 0 Å². The molecule has 0 aliphatic carbocycles. The second-order valence-electron chi connectivity index (χ2n) is 8.16. The van der Waals surface area contributed by atoms with E-state index in [1.54, 1.807) is 41.1 Å². The number of benzene rings is 2. The van der Waals surface area contributed by atoms with E-state index in [0.717, 1.165) is 5.56 Å². The van der Waals surface area contributed by atoms with Crippen molar-refractivity contribution in [2.24, 2.45) is 0 Å². The topological polar surface area (TPSA) is 43.9 Å². The van der Waals surface area contributed by atoms with Crippen molar-refractivity contribution in [1.29, 1.82) is 0 Å². The molecule has 7 heteroatoms.